The van der Waals surface area contributed by atoms with E-state index in [-0.39, 0.29) is 12.3 Å². The molecule has 0 atom stereocenters. The largest absolute Gasteiger partial charge is 0.486 e. The molecular formula is C13H13BrClNO3. The van der Waals surface area contributed by atoms with Crippen LogP contribution >= 0.6 is 27.5 Å². The van der Waals surface area contributed by atoms with Crippen LogP contribution in [0.1, 0.15) is 5.56 Å². The fourth-order valence-electron chi connectivity index (χ4n) is 1.71. The molecule has 1 heterocycles. The molecule has 0 fully saturated rings. The van der Waals surface area contributed by atoms with Crippen LogP contribution < -0.4 is 14.8 Å². The molecule has 6 heteroatoms. The first-order valence-corrected chi connectivity index (χ1v) is 6.91. The van der Waals surface area contributed by atoms with Gasteiger partial charge in [-0.05, 0) is 17.7 Å². The van der Waals surface area contributed by atoms with Crippen molar-refractivity contribution in [1.29, 1.82) is 0 Å². The minimum Gasteiger partial charge on any atom is -0.486 e. The second-order valence-corrected chi connectivity index (χ2v) is 5.60. The monoisotopic (exact) mass is 345 g/mol. The number of carbonyl (C=O) groups is 1. The van der Waals surface area contributed by atoms with Gasteiger partial charge in [0.15, 0.2) is 11.5 Å². The Kier molecular flexibility index (Phi) is 4.71. The zero-order valence-electron chi connectivity index (χ0n) is 10.2. The predicted molar refractivity (Wildman–Crippen MR) is 77.2 cm³/mol. The van der Waals surface area contributed by atoms with Gasteiger partial charge in [-0.3, -0.25) is 4.79 Å². The van der Waals surface area contributed by atoms with Crippen LogP contribution in [0.5, 0.6) is 11.5 Å². The molecule has 0 saturated carbocycles. The number of ether oxygens (including phenoxy) is 2. The molecule has 0 saturated heterocycles. The van der Waals surface area contributed by atoms with E-state index < -0.39 is 0 Å². The molecule has 1 aliphatic rings. The van der Waals surface area contributed by atoms with Crippen LogP contribution in [-0.4, -0.2) is 25.7 Å². The van der Waals surface area contributed by atoms with Crippen molar-refractivity contribution in [2.75, 3.05) is 19.8 Å². The van der Waals surface area contributed by atoms with Gasteiger partial charge in [0.25, 0.3) is 0 Å². The van der Waals surface area contributed by atoms with Crippen molar-refractivity contribution in [3.63, 3.8) is 0 Å². The Bertz CT molecular complexity index is 519. The maximum Gasteiger partial charge on any atom is 0.224 e. The minimum absolute atomic E-state index is 0.103. The third-order valence-electron chi connectivity index (χ3n) is 2.50. The molecule has 0 unspecified atom stereocenters. The van der Waals surface area contributed by atoms with Crippen LogP contribution in [0.15, 0.2) is 23.2 Å². The lowest BCUT2D eigenvalue weighted by molar-refractivity contribution is -0.120. The van der Waals surface area contributed by atoms with Gasteiger partial charge in [-0.2, -0.15) is 0 Å². The highest BCUT2D eigenvalue weighted by Gasteiger charge is 2.17. The second-order valence-electron chi connectivity index (χ2n) is 4.07. The predicted octanol–water partition coefficient (Wildman–Crippen LogP) is 2.68. The molecular weight excluding hydrogens is 334 g/mol. The molecule has 4 nitrogen and oxygen atoms in total. The zero-order valence-corrected chi connectivity index (χ0v) is 12.5. The molecule has 0 spiro atoms. The molecule has 0 bridgehead atoms. The van der Waals surface area contributed by atoms with E-state index in [4.69, 9.17) is 21.1 Å². The maximum absolute atomic E-state index is 11.7. The summed E-state index contributed by atoms with van der Waals surface area (Å²) in [6, 6.07) is 3.50. The lowest BCUT2D eigenvalue weighted by Gasteiger charge is -2.20. The maximum atomic E-state index is 11.7. The third kappa shape index (κ3) is 3.88. The Morgan fingerprint density at radius 1 is 1.42 bits per heavy atom. The van der Waals surface area contributed by atoms with Crippen molar-refractivity contribution in [3.05, 3.63) is 33.8 Å². The Morgan fingerprint density at radius 3 is 2.89 bits per heavy atom. The SMILES string of the molecule is C=C(Br)CNC(=O)Cc1cc(Cl)c2c(c1)OCCO2. The number of amides is 1. The first-order chi connectivity index (χ1) is 9.06. The molecule has 1 amide bonds. The number of nitrogens with one attached hydrogen (secondary N) is 1. The van der Waals surface area contributed by atoms with Crippen LogP contribution in [0.4, 0.5) is 0 Å². The summed E-state index contributed by atoms with van der Waals surface area (Å²) in [6.45, 7) is 5.02. The topological polar surface area (TPSA) is 47.6 Å². The molecule has 102 valence electrons. The minimum atomic E-state index is -0.103. The summed E-state index contributed by atoms with van der Waals surface area (Å²) in [5.74, 6) is 1.03. The number of carbonyl (C=O) groups excluding carboxylic acids is 1. The summed E-state index contributed by atoms with van der Waals surface area (Å²) in [6.07, 6.45) is 0.233. The Balaban J connectivity index is 2.07. The lowest BCUT2D eigenvalue weighted by atomic mass is 10.1. The van der Waals surface area contributed by atoms with Crippen molar-refractivity contribution in [3.8, 4) is 11.5 Å². The van der Waals surface area contributed by atoms with Crippen molar-refractivity contribution >= 4 is 33.4 Å². The number of halogens is 2. The van der Waals surface area contributed by atoms with E-state index in [9.17, 15) is 4.79 Å². The Labute approximate surface area is 124 Å². The standard InChI is InChI=1S/C13H13BrClNO3/c1-8(14)7-16-12(17)6-9-4-10(15)13-11(5-9)18-2-3-19-13/h4-5H,1-3,6-7H2,(H,16,17). The molecule has 1 aromatic rings. The normalized spacial score (nSPS) is 12.9. The van der Waals surface area contributed by atoms with E-state index in [1.165, 1.54) is 0 Å². The summed E-state index contributed by atoms with van der Waals surface area (Å²) in [7, 11) is 0. The van der Waals surface area contributed by atoms with Gasteiger partial charge < -0.3 is 14.8 Å². The molecule has 19 heavy (non-hydrogen) atoms. The van der Waals surface area contributed by atoms with Crippen LogP contribution in [0.25, 0.3) is 0 Å². The average molecular weight is 347 g/mol. The first kappa shape index (κ1) is 14.2. The van der Waals surface area contributed by atoms with Gasteiger partial charge in [0.2, 0.25) is 5.91 Å². The van der Waals surface area contributed by atoms with Crippen LogP contribution in [0, 0.1) is 0 Å². The number of hydrogen-bond donors (Lipinski definition) is 1. The van der Waals surface area contributed by atoms with Crippen molar-refractivity contribution in [2.45, 2.75) is 6.42 Å². The fourth-order valence-corrected chi connectivity index (χ4v) is 2.14. The molecule has 2 rings (SSSR count). The average Bonchev–Trinajstić information content (AvgIpc) is 2.36. The van der Waals surface area contributed by atoms with E-state index in [0.717, 1.165) is 10.0 Å². The van der Waals surface area contributed by atoms with E-state index in [1.807, 2.05) is 0 Å². The number of benzene rings is 1. The zero-order chi connectivity index (χ0) is 13.8. The molecule has 1 aromatic carbocycles. The molecule has 0 aliphatic carbocycles. The van der Waals surface area contributed by atoms with Crippen LogP contribution in [0.3, 0.4) is 0 Å². The summed E-state index contributed by atoms with van der Waals surface area (Å²) < 4.78 is 11.6. The van der Waals surface area contributed by atoms with Gasteiger partial charge in [0.1, 0.15) is 13.2 Å². The van der Waals surface area contributed by atoms with E-state index in [0.29, 0.717) is 36.3 Å². The van der Waals surface area contributed by atoms with Gasteiger partial charge in [-0.15, -0.1) is 0 Å². The lowest BCUT2D eigenvalue weighted by Crippen LogP contribution is -2.26. The number of rotatable bonds is 4. The Hall–Kier alpha value is -1.20. The van der Waals surface area contributed by atoms with Crippen LogP contribution in [-0.2, 0) is 11.2 Å². The molecule has 0 aromatic heterocycles. The highest BCUT2D eigenvalue weighted by atomic mass is 79.9. The first-order valence-electron chi connectivity index (χ1n) is 5.74. The summed E-state index contributed by atoms with van der Waals surface area (Å²) in [5.41, 5.74) is 0.784. The quantitative estimate of drug-likeness (QED) is 0.912. The van der Waals surface area contributed by atoms with Gasteiger partial charge in [0, 0.05) is 11.0 Å². The van der Waals surface area contributed by atoms with Crippen LogP contribution in [0.2, 0.25) is 5.02 Å². The van der Waals surface area contributed by atoms with E-state index in [2.05, 4.69) is 27.8 Å². The molecule has 0 radical (unpaired) electrons. The summed E-state index contributed by atoms with van der Waals surface area (Å²) in [5, 5.41) is 3.19. The van der Waals surface area contributed by atoms with Gasteiger partial charge in [0.05, 0.1) is 11.4 Å². The highest BCUT2D eigenvalue weighted by molar-refractivity contribution is 9.11. The van der Waals surface area contributed by atoms with Gasteiger partial charge >= 0.3 is 0 Å². The smallest absolute Gasteiger partial charge is 0.224 e. The summed E-state index contributed by atoms with van der Waals surface area (Å²) >= 11 is 9.28. The van der Waals surface area contributed by atoms with E-state index >= 15 is 0 Å². The number of fused-ring (bicyclic) bond motifs is 1. The van der Waals surface area contributed by atoms with Gasteiger partial charge in [-0.1, -0.05) is 34.1 Å². The van der Waals surface area contributed by atoms with Crippen molar-refractivity contribution in [2.24, 2.45) is 0 Å². The van der Waals surface area contributed by atoms with Crippen molar-refractivity contribution < 1.29 is 14.3 Å². The highest BCUT2D eigenvalue weighted by Crippen LogP contribution is 2.38. The Morgan fingerprint density at radius 2 is 2.16 bits per heavy atom. The molecule has 1 aliphatic heterocycles. The second kappa shape index (κ2) is 6.30. The van der Waals surface area contributed by atoms with E-state index in [1.54, 1.807) is 12.1 Å². The summed E-state index contributed by atoms with van der Waals surface area (Å²) in [4.78, 5) is 11.7. The third-order valence-corrected chi connectivity index (χ3v) is 3.06. The van der Waals surface area contributed by atoms with Gasteiger partial charge in [-0.25, -0.2) is 0 Å². The molecule has 1 N–H and O–H groups in total. The number of hydrogen-bond acceptors (Lipinski definition) is 3. The fraction of sp³-hybridized carbons (Fsp3) is 0.308. The van der Waals surface area contributed by atoms with Crippen molar-refractivity contribution in [1.82, 2.24) is 5.32 Å².